The van der Waals surface area contributed by atoms with E-state index in [9.17, 15) is 14.4 Å². The molecular weight excluding hydrogens is 513 g/mol. The number of amides is 3. The monoisotopic (exact) mass is 529 g/mol. The van der Waals surface area contributed by atoms with Crippen LogP contribution in [0.25, 0.3) is 0 Å². The number of halogens is 3. The van der Waals surface area contributed by atoms with Crippen LogP contribution in [-0.4, -0.2) is 24.8 Å². The van der Waals surface area contributed by atoms with E-state index in [4.69, 9.17) is 39.5 Å². The second-order valence-corrected chi connectivity index (χ2v) is 8.79. The second kappa shape index (κ2) is 10.00. The first kappa shape index (κ1) is 24.6. The summed E-state index contributed by atoms with van der Waals surface area (Å²) in [6.45, 7) is 1.87. The van der Waals surface area contributed by atoms with Crippen LogP contribution >= 0.6 is 34.8 Å². The minimum Gasteiger partial charge on any atom is -0.495 e. The number of hydrogen-bond donors (Lipinski definition) is 2. The van der Waals surface area contributed by atoms with Gasteiger partial charge < -0.3 is 15.4 Å². The zero-order valence-electron chi connectivity index (χ0n) is 18.5. The number of rotatable bonds is 6. The van der Waals surface area contributed by atoms with Crippen LogP contribution in [0.4, 0.5) is 17.1 Å². The molecule has 0 saturated carbocycles. The van der Waals surface area contributed by atoms with Crippen LogP contribution < -0.4 is 20.3 Å². The van der Waals surface area contributed by atoms with Gasteiger partial charge >= 0.3 is 0 Å². The molecule has 0 saturated heterocycles. The highest BCUT2D eigenvalue weighted by molar-refractivity contribution is 6.53. The molecule has 0 spiro atoms. The molecule has 0 aromatic heterocycles. The zero-order chi connectivity index (χ0) is 25.3. The highest BCUT2D eigenvalue weighted by Gasteiger charge is 2.40. The van der Waals surface area contributed by atoms with E-state index in [1.807, 2.05) is 13.0 Å². The van der Waals surface area contributed by atoms with E-state index in [-0.39, 0.29) is 28.1 Å². The number of carbonyl (C=O) groups is 3. The molecule has 35 heavy (non-hydrogen) atoms. The first-order valence-electron chi connectivity index (χ1n) is 10.3. The van der Waals surface area contributed by atoms with Gasteiger partial charge in [0.1, 0.15) is 16.5 Å². The number of aryl methyl sites for hydroxylation is 1. The molecule has 0 unspecified atom stereocenters. The number of anilines is 3. The fraction of sp³-hybridized carbons (Fsp3) is 0.0800. The third-order valence-corrected chi connectivity index (χ3v) is 6.25. The van der Waals surface area contributed by atoms with Crippen molar-refractivity contribution in [1.29, 1.82) is 0 Å². The lowest BCUT2D eigenvalue weighted by molar-refractivity contribution is -0.120. The van der Waals surface area contributed by atoms with Crippen LogP contribution in [0.1, 0.15) is 15.9 Å². The summed E-state index contributed by atoms with van der Waals surface area (Å²) in [6.07, 6.45) is 0. The number of carbonyl (C=O) groups excluding carboxylic acids is 3. The van der Waals surface area contributed by atoms with Gasteiger partial charge in [-0.3, -0.25) is 14.4 Å². The van der Waals surface area contributed by atoms with E-state index in [0.29, 0.717) is 27.0 Å². The van der Waals surface area contributed by atoms with Crippen molar-refractivity contribution >= 4 is 69.6 Å². The number of benzene rings is 3. The zero-order valence-corrected chi connectivity index (χ0v) is 20.8. The maximum Gasteiger partial charge on any atom is 0.283 e. The van der Waals surface area contributed by atoms with Crippen LogP contribution in [0, 0.1) is 6.92 Å². The van der Waals surface area contributed by atoms with Gasteiger partial charge in [0, 0.05) is 27.0 Å². The molecule has 178 valence electrons. The summed E-state index contributed by atoms with van der Waals surface area (Å²) in [5, 5.41) is 6.23. The van der Waals surface area contributed by atoms with E-state index >= 15 is 0 Å². The molecule has 0 fully saturated rings. The van der Waals surface area contributed by atoms with Gasteiger partial charge in [-0.1, -0.05) is 40.9 Å². The molecule has 3 aromatic carbocycles. The van der Waals surface area contributed by atoms with Crippen molar-refractivity contribution in [3.8, 4) is 5.75 Å². The first-order chi connectivity index (χ1) is 16.7. The Morgan fingerprint density at radius 2 is 1.57 bits per heavy atom. The maximum absolute atomic E-state index is 13.1. The summed E-state index contributed by atoms with van der Waals surface area (Å²) in [5.41, 5.74) is 2.37. The number of nitrogens with one attached hydrogen (secondary N) is 2. The predicted molar refractivity (Wildman–Crippen MR) is 138 cm³/mol. The minimum atomic E-state index is -0.715. The Bertz CT molecular complexity index is 1390. The lowest BCUT2D eigenvalue weighted by Gasteiger charge is -2.18. The van der Waals surface area contributed by atoms with E-state index in [1.165, 1.54) is 13.2 Å². The van der Waals surface area contributed by atoms with Gasteiger partial charge in [0.25, 0.3) is 17.7 Å². The van der Waals surface area contributed by atoms with Gasteiger partial charge in [-0.25, -0.2) is 4.90 Å². The second-order valence-electron chi connectivity index (χ2n) is 7.57. The average Bonchev–Trinajstić information content (AvgIpc) is 3.04. The minimum absolute atomic E-state index is 0.106. The Balaban J connectivity index is 1.51. The highest BCUT2D eigenvalue weighted by atomic mass is 35.5. The fourth-order valence-corrected chi connectivity index (χ4v) is 3.95. The smallest absolute Gasteiger partial charge is 0.283 e. The summed E-state index contributed by atoms with van der Waals surface area (Å²) in [4.78, 5) is 39.3. The Morgan fingerprint density at radius 3 is 2.23 bits per heavy atom. The Labute approximate surface area is 216 Å². The van der Waals surface area contributed by atoms with Gasteiger partial charge in [0.05, 0.1) is 12.8 Å². The van der Waals surface area contributed by atoms with Crippen LogP contribution in [0.5, 0.6) is 5.75 Å². The molecule has 0 bridgehead atoms. The van der Waals surface area contributed by atoms with Gasteiger partial charge in [-0.05, 0) is 67.1 Å². The molecular formula is C25H18Cl3N3O4. The summed E-state index contributed by atoms with van der Waals surface area (Å²) in [7, 11) is 1.41. The fourth-order valence-electron chi connectivity index (χ4n) is 3.39. The Kier molecular flexibility index (Phi) is 7.03. The quantitative estimate of drug-likeness (QED) is 0.382. The van der Waals surface area contributed by atoms with Crippen LogP contribution in [-0.2, 0) is 9.59 Å². The molecule has 0 radical (unpaired) electrons. The maximum atomic E-state index is 13.1. The molecule has 7 nitrogen and oxygen atoms in total. The summed E-state index contributed by atoms with van der Waals surface area (Å²) < 4.78 is 5.26. The molecule has 3 amide bonds. The average molecular weight is 531 g/mol. The van der Waals surface area contributed by atoms with Gasteiger partial charge in [-0.15, -0.1) is 0 Å². The van der Waals surface area contributed by atoms with Gasteiger partial charge in [0.2, 0.25) is 0 Å². The normalized spacial score (nSPS) is 13.3. The van der Waals surface area contributed by atoms with E-state index in [0.717, 1.165) is 10.5 Å². The van der Waals surface area contributed by atoms with Crippen molar-refractivity contribution in [3.63, 3.8) is 0 Å². The summed E-state index contributed by atoms with van der Waals surface area (Å²) in [5.74, 6) is -1.43. The number of methoxy groups -OCH3 is 1. The van der Waals surface area contributed by atoms with Gasteiger partial charge in [0.15, 0.2) is 0 Å². The Hall–Kier alpha value is -3.52. The standard InChI is InChI=1S/C25H18Cl3N3O4/c1-13-3-7-17(12-18(13)27)30-23(32)14-4-8-16(9-5-14)29-22-21(28)24(33)31(25(22)34)19-11-15(26)6-10-20(19)35-2/h3-12,29H,1-2H3,(H,30,32). The van der Waals surface area contributed by atoms with Crippen molar-refractivity contribution in [1.82, 2.24) is 0 Å². The van der Waals surface area contributed by atoms with Crippen molar-refractivity contribution in [2.75, 3.05) is 22.6 Å². The molecule has 1 aliphatic rings. The summed E-state index contributed by atoms with van der Waals surface area (Å²) >= 11 is 18.4. The van der Waals surface area contributed by atoms with Crippen LogP contribution in [0.3, 0.4) is 0 Å². The lowest BCUT2D eigenvalue weighted by atomic mass is 10.1. The van der Waals surface area contributed by atoms with E-state index in [2.05, 4.69) is 10.6 Å². The van der Waals surface area contributed by atoms with Crippen molar-refractivity contribution in [2.24, 2.45) is 0 Å². The Morgan fingerprint density at radius 1 is 0.886 bits per heavy atom. The molecule has 4 rings (SSSR count). The number of hydrogen-bond acceptors (Lipinski definition) is 5. The lowest BCUT2D eigenvalue weighted by Crippen LogP contribution is -2.32. The molecule has 2 N–H and O–H groups in total. The molecule has 3 aromatic rings. The molecule has 10 heteroatoms. The van der Waals surface area contributed by atoms with E-state index < -0.39 is 11.8 Å². The number of imide groups is 1. The summed E-state index contributed by atoms with van der Waals surface area (Å²) in [6, 6.07) is 16.1. The SMILES string of the molecule is COc1ccc(Cl)cc1N1C(=O)C(Cl)=C(Nc2ccc(C(=O)Nc3ccc(C)c(Cl)c3)cc2)C1=O. The first-order valence-corrected chi connectivity index (χ1v) is 11.4. The van der Waals surface area contributed by atoms with Crippen LogP contribution in [0.2, 0.25) is 10.0 Å². The van der Waals surface area contributed by atoms with Crippen LogP contribution in [0.15, 0.2) is 71.4 Å². The van der Waals surface area contributed by atoms with Crippen molar-refractivity contribution < 1.29 is 19.1 Å². The molecule has 0 aliphatic carbocycles. The number of nitrogens with zero attached hydrogens (tertiary/aromatic N) is 1. The molecule has 1 aliphatic heterocycles. The topological polar surface area (TPSA) is 87.7 Å². The third kappa shape index (κ3) is 4.98. The van der Waals surface area contributed by atoms with Gasteiger partial charge in [-0.2, -0.15) is 0 Å². The highest BCUT2D eigenvalue weighted by Crippen LogP contribution is 2.37. The van der Waals surface area contributed by atoms with E-state index in [1.54, 1.807) is 48.5 Å². The predicted octanol–water partition coefficient (Wildman–Crippen LogP) is 6.00. The van der Waals surface area contributed by atoms with Crippen molar-refractivity contribution in [3.05, 3.63) is 92.6 Å². The largest absolute Gasteiger partial charge is 0.495 e. The molecule has 1 heterocycles. The van der Waals surface area contributed by atoms with Crippen molar-refractivity contribution in [2.45, 2.75) is 6.92 Å². The third-order valence-electron chi connectivity index (χ3n) is 5.26. The molecule has 0 atom stereocenters. The number of ether oxygens (including phenoxy) is 1.